The van der Waals surface area contributed by atoms with E-state index in [0.29, 0.717) is 16.5 Å². The van der Waals surface area contributed by atoms with Crippen molar-refractivity contribution in [2.75, 3.05) is 13.1 Å². The molecule has 1 aromatic heterocycles. The standard InChI is InChI=1S/C20H21ClN4OS/c21-16-10-8-15(9-11-16)19-22-24(14-23-12-4-7-18(26)13-23)20(27)25(19)17-5-2-1-3-6-17/h1-3,5-6,8-11,18,26H,4,7,12-14H2/p+1/t18-/m0/s1. The predicted molar refractivity (Wildman–Crippen MR) is 109 cm³/mol. The largest absolute Gasteiger partial charge is 0.387 e. The number of hydrogen-bond donors (Lipinski definition) is 2. The summed E-state index contributed by atoms with van der Waals surface area (Å²) in [4.78, 5) is 1.30. The van der Waals surface area contributed by atoms with Crippen LogP contribution >= 0.6 is 23.8 Å². The number of aliphatic hydroxyl groups excluding tert-OH is 1. The van der Waals surface area contributed by atoms with Crippen molar-refractivity contribution in [3.05, 3.63) is 64.4 Å². The van der Waals surface area contributed by atoms with Gasteiger partial charge >= 0.3 is 0 Å². The molecule has 1 aliphatic heterocycles. The van der Waals surface area contributed by atoms with Crippen LogP contribution in [0.4, 0.5) is 0 Å². The first kappa shape index (κ1) is 18.4. The van der Waals surface area contributed by atoms with E-state index < -0.39 is 0 Å². The van der Waals surface area contributed by atoms with Crippen molar-refractivity contribution in [1.29, 1.82) is 0 Å². The SMILES string of the molecule is O[C@H]1CCC[NH+](Cn2nc(-c3ccc(Cl)cc3)n(-c3ccccc3)c2=S)C1. The predicted octanol–water partition coefficient (Wildman–Crippen LogP) is 2.72. The summed E-state index contributed by atoms with van der Waals surface area (Å²) in [6, 6.07) is 17.7. The Morgan fingerprint density at radius 1 is 1.15 bits per heavy atom. The summed E-state index contributed by atoms with van der Waals surface area (Å²) >= 11 is 11.8. The summed E-state index contributed by atoms with van der Waals surface area (Å²) in [5, 5.41) is 15.5. The van der Waals surface area contributed by atoms with Crippen molar-refractivity contribution in [2.45, 2.75) is 25.6 Å². The first-order valence-corrected chi connectivity index (χ1v) is 9.93. The molecule has 0 bridgehead atoms. The fourth-order valence-electron chi connectivity index (χ4n) is 3.59. The van der Waals surface area contributed by atoms with Crippen LogP contribution in [0.5, 0.6) is 0 Å². The van der Waals surface area contributed by atoms with Gasteiger partial charge in [0.25, 0.3) is 0 Å². The second-order valence-electron chi connectivity index (χ2n) is 6.94. The number of likely N-dealkylation sites (tertiary alicyclic amines) is 1. The maximum atomic E-state index is 9.97. The lowest BCUT2D eigenvalue weighted by Gasteiger charge is -2.26. The third-order valence-corrected chi connectivity index (χ3v) is 5.57. The number of aromatic nitrogens is 3. The van der Waals surface area contributed by atoms with E-state index in [0.717, 1.165) is 43.0 Å². The molecule has 0 radical (unpaired) electrons. The number of benzene rings is 2. The van der Waals surface area contributed by atoms with Crippen LogP contribution in [0.1, 0.15) is 12.8 Å². The molecule has 2 aromatic carbocycles. The van der Waals surface area contributed by atoms with Crippen molar-refractivity contribution in [1.82, 2.24) is 14.3 Å². The van der Waals surface area contributed by atoms with E-state index in [4.69, 9.17) is 28.9 Å². The molecule has 1 unspecified atom stereocenters. The van der Waals surface area contributed by atoms with Crippen LogP contribution in [0.15, 0.2) is 54.6 Å². The van der Waals surface area contributed by atoms with Crippen molar-refractivity contribution < 1.29 is 10.0 Å². The molecule has 1 aliphatic rings. The molecule has 0 spiro atoms. The van der Waals surface area contributed by atoms with Gasteiger partial charge in [-0.1, -0.05) is 29.8 Å². The van der Waals surface area contributed by atoms with E-state index in [2.05, 4.69) is 0 Å². The summed E-state index contributed by atoms with van der Waals surface area (Å²) in [7, 11) is 0. The first-order chi connectivity index (χ1) is 13.1. The lowest BCUT2D eigenvalue weighted by atomic mass is 10.1. The molecular formula is C20H22ClN4OS+. The second-order valence-corrected chi connectivity index (χ2v) is 7.74. The average Bonchev–Trinajstić information content (AvgIpc) is 2.99. The number of nitrogens with one attached hydrogen (secondary N) is 1. The number of hydrogen-bond acceptors (Lipinski definition) is 3. The molecule has 0 saturated carbocycles. The van der Waals surface area contributed by atoms with Gasteiger partial charge in [-0.15, -0.1) is 5.10 Å². The topological polar surface area (TPSA) is 47.4 Å². The van der Waals surface area contributed by atoms with Crippen LogP contribution < -0.4 is 4.90 Å². The van der Waals surface area contributed by atoms with Crippen molar-refractivity contribution >= 4 is 23.8 Å². The third-order valence-electron chi connectivity index (χ3n) is 4.92. The average molecular weight is 402 g/mol. The Balaban J connectivity index is 1.77. The number of para-hydroxylation sites is 1. The molecule has 7 heteroatoms. The van der Waals surface area contributed by atoms with Gasteiger partial charge in [0.1, 0.15) is 12.6 Å². The van der Waals surface area contributed by atoms with E-state index in [1.54, 1.807) is 0 Å². The zero-order valence-electron chi connectivity index (χ0n) is 14.9. The van der Waals surface area contributed by atoms with Crippen LogP contribution in [0, 0.1) is 4.77 Å². The van der Waals surface area contributed by atoms with Crippen LogP contribution in [0.3, 0.4) is 0 Å². The van der Waals surface area contributed by atoms with E-state index in [-0.39, 0.29) is 6.10 Å². The first-order valence-electron chi connectivity index (χ1n) is 9.14. The summed E-state index contributed by atoms with van der Waals surface area (Å²) < 4.78 is 4.52. The molecule has 0 aliphatic carbocycles. The van der Waals surface area contributed by atoms with Gasteiger partial charge in [0.15, 0.2) is 12.5 Å². The Hall–Kier alpha value is -1.99. The maximum absolute atomic E-state index is 9.97. The molecule has 0 amide bonds. The molecule has 3 aromatic rings. The number of aliphatic hydroxyl groups is 1. The number of quaternary nitrogens is 1. The fourth-order valence-corrected chi connectivity index (χ4v) is 4.01. The molecule has 1 saturated heterocycles. The van der Waals surface area contributed by atoms with Crippen LogP contribution in [-0.4, -0.2) is 38.6 Å². The van der Waals surface area contributed by atoms with Gasteiger partial charge in [-0.3, -0.25) is 4.57 Å². The van der Waals surface area contributed by atoms with Gasteiger partial charge in [0.2, 0.25) is 4.77 Å². The lowest BCUT2D eigenvalue weighted by Crippen LogP contribution is -3.13. The van der Waals surface area contributed by atoms with Crippen LogP contribution in [0.25, 0.3) is 17.1 Å². The van der Waals surface area contributed by atoms with E-state index in [1.807, 2.05) is 63.8 Å². The monoisotopic (exact) mass is 401 g/mol. The Morgan fingerprint density at radius 3 is 2.59 bits per heavy atom. The van der Waals surface area contributed by atoms with Crippen LogP contribution in [-0.2, 0) is 6.67 Å². The minimum atomic E-state index is -0.241. The molecule has 1 fully saturated rings. The smallest absolute Gasteiger partial charge is 0.207 e. The zero-order chi connectivity index (χ0) is 18.8. The Bertz CT molecular complexity index is 968. The molecule has 5 nitrogen and oxygen atoms in total. The van der Waals surface area contributed by atoms with Gasteiger partial charge in [-0.05, 0) is 61.5 Å². The molecule has 2 N–H and O–H groups in total. The quantitative estimate of drug-likeness (QED) is 0.661. The van der Waals surface area contributed by atoms with Gasteiger partial charge in [-0.25, -0.2) is 0 Å². The number of rotatable bonds is 4. The minimum Gasteiger partial charge on any atom is -0.387 e. The van der Waals surface area contributed by atoms with E-state index in [1.165, 1.54) is 4.90 Å². The highest BCUT2D eigenvalue weighted by atomic mass is 35.5. The van der Waals surface area contributed by atoms with E-state index >= 15 is 0 Å². The molecule has 27 heavy (non-hydrogen) atoms. The highest BCUT2D eigenvalue weighted by Crippen LogP contribution is 2.24. The number of halogens is 1. The Kier molecular flexibility index (Phi) is 5.41. The normalized spacial score (nSPS) is 19.9. The molecule has 2 heterocycles. The zero-order valence-corrected chi connectivity index (χ0v) is 16.5. The Morgan fingerprint density at radius 2 is 1.89 bits per heavy atom. The lowest BCUT2D eigenvalue weighted by molar-refractivity contribution is -0.931. The van der Waals surface area contributed by atoms with Crippen molar-refractivity contribution in [3.63, 3.8) is 0 Å². The molecule has 4 rings (SSSR count). The maximum Gasteiger partial charge on any atom is 0.207 e. The van der Waals surface area contributed by atoms with Gasteiger partial charge in [-0.2, -0.15) is 4.68 Å². The van der Waals surface area contributed by atoms with Crippen molar-refractivity contribution in [2.24, 2.45) is 0 Å². The fraction of sp³-hybridized carbons (Fsp3) is 0.300. The van der Waals surface area contributed by atoms with Gasteiger partial charge < -0.3 is 10.0 Å². The second kappa shape index (κ2) is 7.94. The van der Waals surface area contributed by atoms with Crippen molar-refractivity contribution in [3.8, 4) is 17.1 Å². The van der Waals surface area contributed by atoms with Gasteiger partial charge in [0, 0.05) is 16.3 Å². The van der Waals surface area contributed by atoms with Gasteiger partial charge in [0.05, 0.1) is 6.54 Å². The summed E-state index contributed by atoms with van der Waals surface area (Å²) in [6.07, 6.45) is 1.66. The molecule has 2 atom stereocenters. The van der Waals surface area contributed by atoms with Crippen LogP contribution in [0.2, 0.25) is 5.02 Å². The molecule has 140 valence electrons. The number of piperidine rings is 1. The summed E-state index contributed by atoms with van der Waals surface area (Å²) in [6.45, 7) is 2.40. The number of nitrogens with zero attached hydrogens (tertiary/aromatic N) is 3. The Labute approximate surface area is 168 Å². The highest BCUT2D eigenvalue weighted by molar-refractivity contribution is 7.71. The summed E-state index contributed by atoms with van der Waals surface area (Å²) in [5.41, 5.74) is 1.94. The summed E-state index contributed by atoms with van der Waals surface area (Å²) in [5.74, 6) is 0.792. The molecular weight excluding hydrogens is 380 g/mol. The third kappa shape index (κ3) is 3.99. The highest BCUT2D eigenvalue weighted by Gasteiger charge is 2.23. The van der Waals surface area contributed by atoms with E-state index in [9.17, 15) is 5.11 Å². The minimum absolute atomic E-state index is 0.241.